The standard InChI is InChI=1S/C13H12N4S/c1-8-10(15-7-16-13(8)14)6-12-17-9-4-2-3-5-11(9)18-12/h2-5,7H,6H2,1H3,(H2,14,15,16). The molecule has 0 aliphatic rings. The fourth-order valence-corrected chi connectivity index (χ4v) is 2.79. The van der Waals surface area contributed by atoms with Crippen molar-refractivity contribution in [2.75, 3.05) is 5.73 Å². The van der Waals surface area contributed by atoms with Gasteiger partial charge in [0.25, 0.3) is 0 Å². The molecule has 0 saturated heterocycles. The first-order chi connectivity index (χ1) is 8.74. The number of hydrogen-bond donors (Lipinski definition) is 1. The molecule has 0 spiro atoms. The van der Waals surface area contributed by atoms with E-state index in [-0.39, 0.29) is 0 Å². The van der Waals surface area contributed by atoms with Crippen LogP contribution in [0.2, 0.25) is 0 Å². The van der Waals surface area contributed by atoms with Gasteiger partial charge in [-0.15, -0.1) is 11.3 Å². The monoisotopic (exact) mass is 256 g/mol. The van der Waals surface area contributed by atoms with Crippen molar-refractivity contribution in [1.29, 1.82) is 0 Å². The second-order valence-corrected chi connectivity index (χ2v) is 5.20. The molecule has 2 aromatic heterocycles. The number of nitrogens with two attached hydrogens (primary N) is 1. The normalized spacial score (nSPS) is 10.9. The van der Waals surface area contributed by atoms with Crippen molar-refractivity contribution in [3.05, 3.63) is 46.9 Å². The molecule has 0 radical (unpaired) electrons. The molecule has 0 unspecified atom stereocenters. The molecule has 0 atom stereocenters. The van der Waals surface area contributed by atoms with E-state index in [2.05, 4.69) is 21.0 Å². The molecule has 4 nitrogen and oxygen atoms in total. The van der Waals surface area contributed by atoms with E-state index in [0.717, 1.165) is 21.8 Å². The average molecular weight is 256 g/mol. The Bertz CT molecular complexity index is 672. The van der Waals surface area contributed by atoms with E-state index in [9.17, 15) is 0 Å². The molecule has 0 bridgehead atoms. The zero-order valence-corrected chi connectivity index (χ0v) is 10.7. The molecule has 1 aromatic carbocycles. The number of aromatic nitrogens is 3. The van der Waals surface area contributed by atoms with Gasteiger partial charge in [-0.25, -0.2) is 15.0 Å². The van der Waals surface area contributed by atoms with Crippen LogP contribution in [0.15, 0.2) is 30.6 Å². The van der Waals surface area contributed by atoms with Crippen LogP contribution < -0.4 is 5.73 Å². The van der Waals surface area contributed by atoms with Crippen LogP contribution in [0.1, 0.15) is 16.3 Å². The third kappa shape index (κ3) is 1.93. The lowest BCUT2D eigenvalue weighted by atomic mass is 10.2. The summed E-state index contributed by atoms with van der Waals surface area (Å²) in [5, 5.41) is 1.05. The van der Waals surface area contributed by atoms with E-state index in [1.165, 1.54) is 11.0 Å². The van der Waals surface area contributed by atoms with Gasteiger partial charge in [0.1, 0.15) is 12.1 Å². The van der Waals surface area contributed by atoms with Gasteiger partial charge in [0, 0.05) is 12.0 Å². The second-order valence-electron chi connectivity index (χ2n) is 4.08. The van der Waals surface area contributed by atoms with Crippen molar-refractivity contribution < 1.29 is 0 Å². The van der Waals surface area contributed by atoms with Gasteiger partial charge in [0.2, 0.25) is 0 Å². The molecule has 2 heterocycles. The summed E-state index contributed by atoms with van der Waals surface area (Å²) in [6, 6.07) is 8.13. The number of nitrogens with zero attached hydrogens (tertiary/aromatic N) is 3. The Labute approximate surface area is 109 Å². The smallest absolute Gasteiger partial charge is 0.129 e. The molecule has 0 fully saturated rings. The number of fused-ring (bicyclic) bond motifs is 1. The molecule has 18 heavy (non-hydrogen) atoms. The Kier molecular flexibility index (Phi) is 2.68. The highest BCUT2D eigenvalue weighted by atomic mass is 32.1. The highest BCUT2D eigenvalue weighted by Crippen LogP contribution is 2.24. The number of rotatable bonds is 2. The van der Waals surface area contributed by atoms with E-state index in [1.807, 2.05) is 25.1 Å². The average Bonchev–Trinajstić information content (AvgIpc) is 2.77. The predicted molar refractivity (Wildman–Crippen MR) is 73.6 cm³/mol. The molecule has 0 aliphatic heterocycles. The molecule has 0 aliphatic carbocycles. The first-order valence-electron chi connectivity index (χ1n) is 5.64. The van der Waals surface area contributed by atoms with Crippen molar-refractivity contribution in [1.82, 2.24) is 15.0 Å². The Morgan fingerprint density at radius 1 is 1.22 bits per heavy atom. The lowest BCUT2D eigenvalue weighted by molar-refractivity contribution is 0.994. The summed E-state index contributed by atoms with van der Waals surface area (Å²) >= 11 is 1.69. The number of thiazole rings is 1. The van der Waals surface area contributed by atoms with Crippen molar-refractivity contribution in [2.24, 2.45) is 0 Å². The summed E-state index contributed by atoms with van der Waals surface area (Å²) in [4.78, 5) is 12.8. The Hall–Kier alpha value is -2.01. The van der Waals surface area contributed by atoms with Gasteiger partial charge in [-0.05, 0) is 19.1 Å². The predicted octanol–water partition coefficient (Wildman–Crippen LogP) is 2.57. The number of hydrogen-bond acceptors (Lipinski definition) is 5. The molecule has 90 valence electrons. The first-order valence-corrected chi connectivity index (χ1v) is 6.46. The van der Waals surface area contributed by atoms with Crippen molar-refractivity contribution in [3.8, 4) is 0 Å². The van der Waals surface area contributed by atoms with E-state index in [1.54, 1.807) is 11.3 Å². The maximum atomic E-state index is 5.78. The van der Waals surface area contributed by atoms with E-state index in [0.29, 0.717) is 12.2 Å². The summed E-state index contributed by atoms with van der Waals surface area (Å²) in [7, 11) is 0. The van der Waals surface area contributed by atoms with E-state index >= 15 is 0 Å². The summed E-state index contributed by atoms with van der Waals surface area (Å²) in [6.07, 6.45) is 2.21. The maximum Gasteiger partial charge on any atom is 0.129 e. The number of anilines is 1. The van der Waals surface area contributed by atoms with Gasteiger partial charge in [0.15, 0.2) is 0 Å². The first kappa shape index (κ1) is 11.1. The molecule has 0 saturated carbocycles. The summed E-state index contributed by atoms with van der Waals surface area (Å²) in [6.45, 7) is 1.94. The van der Waals surface area contributed by atoms with Crippen LogP contribution >= 0.6 is 11.3 Å². The van der Waals surface area contributed by atoms with Gasteiger partial charge >= 0.3 is 0 Å². The van der Waals surface area contributed by atoms with Crippen molar-refractivity contribution >= 4 is 27.4 Å². The SMILES string of the molecule is Cc1c(N)ncnc1Cc1nc2ccccc2s1. The highest BCUT2D eigenvalue weighted by molar-refractivity contribution is 7.18. The van der Waals surface area contributed by atoms with Crippen LogP contribution in [-0.4, -0.2) is 15.0 Å². The van der Waals surface area contributed by atoms with Crippen LogP contribution in [0.5, 0.6) is 0 Å². The lowest BCUT2D eigenvalue weighted by Gasteiger charge is -2.03. The minimum Gasteiger partial charge on any atom is -0.383 e. The molecule has 3 rings (SSSR count). The van der Waals surface area contributed by atoms with Crippen LogP contribution in [0.3, 0.4) is 0 Å². The second kappa shape index (κ2) is 4.34. The maximum absolute atomic E-state index is 5.78. The Balaban J connectivity index is 1.99. The fraction of sp³-hybridized carbons (Fsp3) is 0.154. The molecule has 3 aromatic rings. The number of para-hydroxylation sites is 1. The Morgan fingerprint density at radius 2 is 2.06 bits per heavy atom. The minimum absolute atomic E-state index is 0.543. The van der Waals surface area contributed by atoms with E-state index in [4.69, 9.17) is 5.73 Å². The van der Waals surface area contributed by atoms with Gasteiger partial charge in [-0.1, -0.05) is 12.1 Å². The minimum atomic E-state index is 0.543. The van der Waals surface area contributed by atoms with E-state index < -0.39 is 0 Å². The zero-order valence-electron chi connectivity index (χ0n) is 9.92. The summed E-state index contributed by atoms with van der Waals surface area (Å²) in [5.41, 5.74) is 8.71. The molecular weight excluding hydrogens is 244 g/mol. The highest BCUT2D eigenvalue weighted by Gasteiger charge is 2.09. The third-order valence-corrected chi connectivity index (χ3v) is 3.92. The van der Waals surface area contributed by atoms with Gasteiger partial charge < -0.3 is 5.73 Å². The molecule has 5 heteroatoms. The third-order valence-electron chi connectivity index (χ3n) is 2.88. The Morgan fingerprint density at radius 3 is 2.89 bits per heavy atom. The number of nitrogen functional groups attached to an aromatic ring is 1. The van der Waals surface area contributed by atoms with Crippen LogP contribution in [0.25, 0.3) is 10.2 Å². The summed E-state index contributed by atoms with van der Waals surface area (Å²) in [5.74, 6) is 0.543. The van der Waals surface area contributed by atoms with Crippen LogP contribution in [0, 0.1) is 6.92 Å². The quantitative estimate of drug-likeness (QED) is 0.765. The van der Waals surface area contributed by atoms with Crippen molar-refractivity contribution in [2.45, 2.75) is 13.3 Å². The summed E-state index contributed by atoms with van der Waals surface area (Å²) < 4.78 is 1.20. The molecule has 0 amide bonds. The number of benzene rings is 1. The fourth-order valence-electron chi connectivity index (χ4n) is 1.82. The van der Waals surface area contributed by atoms with Gasteiger partial charge in [-0.3, -0.25) is 0 Å². The molecule has 2 N–H and O–H groups in total. The van der Waals surface area contributed by atoms with Crippen molar-refractivity contribution in [3.63, 3.8) is 0 Å². The topological polar surface area (TPSA) is 64.7 Å². The zero-order chi connectivity index (χ0) is 12.5. The van der Waals surface area contributed by atoms with Gasteiger partial charge in [-0.2, -0.15) is 0 Å². The lowest BCUT2D eigenvalue weighted by Crippen LogP contribution is -2.02. The van der Waals surface area contributed by atoms with Crippen LogP contribution in [-0.2, 0) is 6.42 Å². The molecular formula is C13H12N4S. The van der Waals surface area contributed by atoms with Crippen LogP contribution in [0.4, 0.5) is 5.82 Å². The largest absolute Gasteiger partial charge is 0.383 e. The van der Waals surface area contributed by atoms with Gasteiger partial charge in [0.05, 0.1) is 20.9 Å².